The van der Waals surface area contributed by atoms with Crippen molar-refractivity contribution < 1.29 is 0 Å². The first-order chi connectivity index (χ1) is 9.61. The molecular formula is C21H28. The Balaban J connectivity index is 2.75. The van der Waals surface area contributed by atoms with Crippen LogP contribution in [0.4, 0.5) is 0 Å². The summed E-state index contributed by atoms with van der Waals surface area (Å²) >= 11 is 0. The Morgan fingerprint density at radius 3 is 1.67 bits per heavy atom. The SMILES string of the molecule is Cc1cc(C)c(-c2cc(C)c(C)c(C(C)(C)C)c2)c(C)c1. The van der Waals surface area contributed by atoms with Gasteiger partial charge in [-0.3, -0.25) is 0 Å². The van der Waals surface area contributed by atoms with E-state index < -0.39 is 0 Å². The average molecular weight is 280 g/mol. The number of hydrogen-bond acceptors (Lipinski definition) is 0. The van der Waals surface area contributed by atoms with Gasteiger partial charge in [0.1, 0.15) is 0 Å². The fraction of sp³-hybridized carbons (Fsp3) is 0.429. The highest BCUT2D eigenvalue weighted by Gasteiger charge is 2.19. The van der Waals surface area contributed by atoms with E-state index in [-0.39, 0.29) is 5.41 Å². The molecule has 0 aliphatic heterocycles. The highest BCUT2D eigenvalue weighted by atomic mass is 14.2. The Kier molecular flexibility index (Phi) is 4.02. The fourth-order valence-electron chi connectivity index (χ4n) is 3.42. The number of aryl methyl sites for hydroxylation is 4. The van der Waals surface area contributed by atoms with Crippen molar-refractivity contribution in [3.63, 3.8) is 0 Å². The molecule has 0 heterocycles. The van der Waals surface area contributed by atoms with E-state index in [0.717, 1.165) is 0 Å². The standard InChI is InChI=1S/C21H28/c1-13-9-15(3)20(16(4)10-13)18-11-14(2)17(5)19(12-18)21(6,7)8/h9-12H,1-8H3. The van der Waals surface area contributed by atoms with Crippen LogP contribution in [0.15, 0.2) is 24.3 Å². The molecule has 112 valence electrons. The molecule has 0 aromatic heterocycles. The lowest BCUT2D eigenvalue weighted by Crippen LogP contribution is -2.14. The van der Waals surface area contributed by atoms with Gasteiger partial charge in [-0.1, -0.05) is 50.6 Å². The molecule has 0 N–H and O–H groups in total. The van der Waals surface area contributed by atoms with Crippen molar-refractivity contribution in [3.05, 3.63) is 57.6 Å². The molecule has 0 atom stereocenters. The quantitative estimate of drug-likeness (QED) is 0.584. The molecular weight excluding hydrogens is 252 g/mol. The van der Waals surface area contributed by atoms with E-state index in [2.05, 4.69) is 79.7 Å². The van der Waals surface area contributed by atoms with Crippen LogP contribution in [0.1, 0.15) is 54.2 Å². The first-order valence-corrected chi connectivity index (χ1v) is 7.81. The van der Waals surface area contributed by atoms with Crippen LogP contribution in [0.5, 0.6) is 0 Å². The molecule has 0 nitrogen and oxygen atoms in total. The summed E-state index contributed by atoms with van der Waals surface area (Å²) in [5.41, 5.74) is 11.3. The third kappa shape index (κ3) is 3.05. The summed E-state index contributed by atoms with van der Waals surface area (Å²) in [6.07, 6.45) is 0. The number of hydrogen-bond donors (Lipinski definition) is 0. The maximum absolute atomic E-state index is 2.40. The lowest BCUT2D eigenvalue weighted by atomic mass is 9.80. The van der Waals surface area contributed by atoms with Crippen LogP contribution in [0, 0.1) is 34.6 Å². The van der Waals surface area contributed by atoms with Crippen molar-refractivity contribution in [3.8, 4) is 11.1 Å². The second-order valence-corrected chi connectivity index (χ2v) is 7.49. The van der Waals surface area contributed by atoms with Gasteiger partial charge < -0.3 is 0 Å². The van der Waals surface area contributed by atoms with Gasteiger partial charge in [-0.2, -0.15) is 0 Å². The molecule has 0 aliphatic rings. The smallest absolute Gasteiger partial charge is 0.0125 e. The van der Waals surface area contributed by atoms with Gasteiger partial charge in [0.25, 0.3) is 0 Å². The van der Waals surface area contributed by atoms with Crippen LogP contribution in [0.25, 0.3) is 11.1 Å². The Morgan fingerprint density at radius 2 is 1.19 bits per heavy atom. The minimum absolute atomic E-state index is 0.178. The highest BCUT2D eigenvalue weighted by Crippen LogP contribution is 2.35. The molecule has 2 rings (SSSR count). The normalized spacial score (nSPS) is 11.8. The molecule has 0 unspecified atom stereocenters. The largest absolute Gasteiger partial charge is 0.0561 e. The van der Waals surface area contributed by atoms with Crippen molar-refractivity contribution in [2.24, 2.45) is 0 Å². The molecule has 2 aromatic carbocycles. The van der Waals surface area contributed by atoms with Gasteiger partial charge in [0, 0.05) is 0 Å². The van der Waals surface area contributed by atoms with Gasteiger partial charge in [-0.05, 0) is 79.0 Å². The van der Waals surface area contributed by atoms with Crippen LogP contribution in [0.2, 0.25) is 0 Å². The fourth-order valence-corrected chi connectivity index (χ4v) is 3.42. The van der Waals surface area contributed by atoms with E-state index in [9.17, 15) is 0 Å². The maximum atomic E-state index is 2.40. The van der Waals surface area contributed by atoms with E-state index in [1.807, 2.05) is 0 Å². The van der Waals surface area contributed by atoms with Crippen molar-refractivity contribution in [1.82, 2.24) is 0 Å². The molecule has 0 saturated heterocycles. The molecule has 0 amide bonds. The molecule has 0 spiro atoms. The van der Waals surface area contributed by atoms with Crippen LogP contribution < -0.4 is 0 Å². The zero-order valence-corrected chi connectivity index (χ0v) is 14.8. The summed E-state index contributed by atoms with van der Waals surface area (Å²) in [7, 11) is 0. The molecule has 0 radical (unpaired) electrons. The Bertz CT molecular complexity index is 659. The maximum Gasteiger partial charge on any atom is -0.0125 e. The van der Waals surface area contributed by atoms with Crippen molar-refractivity contribution in [1.29, 1.82) is 0 Å². The van der Waals surface area contributed by atoms with E-state index in [4.69, 9.17) is 0 Å². The monoisotopic (exact) mass is 280 g/mol. The van der Waals surface area contributed by atoms with E-state index in [0.29, 0.717) is 0 Å². The second-order valence-electron chi connectivity index (χ2n) is 7.49. The summed E-state index contributed by atoms with van der Waals surface area (Å²) in [5.74, 6) is 0. The van der Waals surface area contributed by atoms with Crippen LogP contribution in [-0.2, 0) is 5.41 Å². The first kappa shape index (κ1) is 15.8. The summed E-state index contributed by atoms with van der Waals surface area (Å²) in [5, 5.41) is 0. The summed E-state index contributed by atoms with van der Waals surface area (Å²) < 4.78 is 0. The molecule has 0 heteroatoms. The van der Waals surface area contributed by atoms with E-state index >= 15 is 0 Å². The Morgan fingerprint density at radius 1 is 0.667 bits per heavy atom. The Hall–Kier alpha value is -1.56. The molecule has 0 aliphatic carbocycles. The van der Waals surface area contributed by atoms with Crippen LogP contribution in [-0.4, -0.2) is 0 Å². The topological polar surface area (TPSA) is 0 Å². The van der Waals surface area contributed by atoms with Gasteiger partial charge in [-0.15, -0.1) is 0 Å². The lowest BCUT2D eigenvalue weighted by molar-refractivity contribution is 0.585. The zero-order valence-electron chi connectivity index (χ0n) is 14.8. The molecule has 21 heavy (non-hydrogen) atoms. The summed E-state index contributed by atoms with van der Waals surface area (Å²) in [4.78, 5) is 0. The van der Waals surface area contributed by atoms with Gasteiger partial charge in [0.2, 0.25) is 0 Å². The Labute approximate surface area is 130 Å². The summed E-state index contributed by atoms with van der Waals surface area (Å²) in [6.45, 7) is 18.0. The second kappa shape index (κ2) is 5.33. The lowest BCUT2D eigenvalue weighted by Gasteiger charge is -2.25. The van der Waals surface area contributed by atoms with Gasteiger partial charge in [0.15, 0.2) is 0 Å². The van der Waals surface area contributed by atoms with E-state index in [1.165, 1.54) is 44.5 Å². The third-order valence-corrected chi connectivity index (χ3v) is 4.44. The first-order valence-electron chi connectivity index (χ1n) is 7.81. The third-order valence-electron chi connectivity index (χ3n) is 4.44. The molecule has 0 fully saturated rings. The average Bonchev–Trinajstić information content (AvgIpc) is 2.30. The molecule has 0 saturated carbocycles. The predicted octanol–water partition coefficient (Wildman–Crippen LogP) is 6.19. The number of rotatable bonds is 1. The molecule has 2 aromatic rings. The predicted molar refractivity (Wildman–Crippen MR) is 94.3 cm³/mol. The zero-order chi connectivity index (χ0) is 15.9. The van der Waals surface area contributed by atoms with Crippen LogP contribution >= 0.6 is 0 Å². The van der Waals surface area contributed by atoms with E-state index in [1.54, 1.807) is 0 Å². The minimum atomic E-state index is 0.178. The van der Waals surface area contributed by atoms with Gasteiger partial charge in [-0.25, -0.2) is 0 Å². The number of benzene rings is 2. The minimum Gasteiger partial charge on any atom is -0.0561 e. The molecule has 0 bridgehead atoms. The van der Waals surface area contributed by atoms with Crippen molar-refractivity contribution in [2.45, 2.75) is 60.8 Å². The van der Waals surface area contributed by atoms with Gasteiger partial charge in [0.05, 0.1) is 0 Å². The van der Waals surface area contributed by atoms with Crippen molar-refractivity contribution in [2.75, 3.05) is 0 Å². The summed E-state index contributed by atoms with van der Waals surface area (Å²) in [6, 6.07) is 9.31. The highest BCUT2D eigenvalue weighted by molar-refractivity contribution is 5.73. The van der Waals surface area contributed by atoms with Crippen molar-refractivity contribution >= 4 is 0 Å². The van der Waals surface area contributed by atoms with Crippen LogP contribution in [0.3, 0.4) is 0 Å². The van der Waals surface area contributed by atoms with Gasteiger partial charge >= 0.3 is 0 Å².